The van der Waals surface area contributed by atoms with E-state index in [1.54, 1.807) is 30.3 Å². The number of halogens is 2. The predicted octanol–water partition coefficient (Wildman–Crippen LogP) is 4.52. The van der Waals surface area contributed by atoms with E-state index in [-0.39, 0.29) is 24.4 Å². The highest BCUT2D eigenvalue weighted by Gasteiger charge is 2.31. The molecule has 1 aromatic heterocycles. The first-order valence-electron chi connectivity index (χ1n) is 10.6. The Bertz CT molecular complexity index is 1180. The van der Waals surface area contributed by atoms with Crippen LogP contribution in [0.25, 0.3) is 10.9 Å². The number of amides is 1. The van der Waals surface area contributed by atoms with Crippen LogP contribution in [0.1, 0.15) is 37.1 Å². The molecule has 1 heterocycles. The van der Waals surface area contributed by atoms with Crippen molar-refractivity contribution in [1.82, 2.24) is 9.88 Å². The van der Waals surface area contributed by atoms with Crippen LogP contribution < -0.4 is 10.1 Å². The molecule has 0 saturated carbocycles. The second kappa shape index (κ2) is 9.20. The van der Waals surface area contributed by atoms with Crippen LogP contribution in [0.5, 0.6) is 5.75 Å². The normalized spacial score (nSPS) is 16.4. The number of aromatic nitrogens is 1. The van der Waals surface area contributed by atoms with Crippen molar-refractivity contribution < 1.29 is 23.8 Å². The van der Waals surface area contributed by atoms with E-state index in [1.165, 1.54) is 12.1 Å². The molecule has 0 fully saturated rings. The maximum atomic E-state index is 14.0. The molecule has 0 aliphatic heterocycles. The number of nitrogens with one attached hydrogen (secondary N) is 1. The first-order chi connectivity index (χ1) is 15.4. The Morgan fingerprint density at radius 3 is 2.84 bits per heavy atom. The van der Waals surface area contributed by atoms with Gasteiger partial charge in [-0.15, -0.1) is 0 Å². The van der Waals surface area contributed by atoms with Gasteiger partial charge in [0.2, 0.25) is 0 Å². The van der Waals surface area contributed by atoms with E-state index in [0.717, 1.165) is 11.3 Å². The van der Waals surface area contributed by atoms with E-state index in [4.69, 9.17) is 16.3 Å². The van der Waals surface area contributed by atoms with E-state index in [2.05, 4.69) is 5.32 Å². The molecule has 2 N–H and O–H groups in total. The van der Waals surface area contributed by atoms with Crippen LogP contribution in [-0.2, 0) is 22.4 Å². The zero-order valence-electron chi connectivity index (χ0n) is 17.6. The standard InChI is InChI=1S/C24H24ClFN2O4/c1-2-20(24(30)31)28-21-8-6-15(26)11-18(21)19-12-16(7-9-22(19)28)27-23(29)13-32-17-5-3-4-14(25)10-17/h3-6,8,10-11,16,20H,2,7,9,12-13H2,1H3,(H,27,29)(H,30,31)/t16-,20?/m1/s1. The van der Waals surface area contributed by atoms with E-state index in [9.17, 15) is 19.1 Å². The monoisotopic (exact) mass is 458 g/mol. The molecule has 1 unspecified atom stereocenters. The number of nitrogens with zero attached hydrogens (tertiary/aromatic N) is 1. The summed E-state index contributed by atoms with van der Waals surface area (Å²) in [7, 11) is 0. The van der Waals surface area contributed by atoms with E-state index >= 15 is 0 Å². The molecule has 8 heteroatoms. The molecule has 168 valence electrons. The third-order valence-electron chi connectivity index (χ3n) is 5.88. The van der Waals surface area contributed by atoms with Crippen LogP contribution in [-0.4, -0.2) is 34.2 Å². The Morgan fingerprint density at radius 2 is 2.12 bits per heavy atom. The highest BCUT2D eigenvalue weighted by Crippen LogP contribution is 2.36. The van der Waals surface area contributed by atoms with E-state index in [0.29, 0.717) is 47.4 Å². The Hall–Kier alpha value is -3.06. The molecule has 3 aromatic rings. The number of carbonyl (C=O) groups is 2. The highest BCUT2D eigenvalue weighted by atomic mass is 35.5. The van der Waals surface area contributed by atoms with Crippen LogP contribution >= 0.6 is 11.6 Å². The summed E-state index contributed by atoms with van der Waals surface area (Å²) < 4.78 is 21.4. The maximum absolute atomic E-state index is 14.0. The van der Waals surface area contributed by atoms with Gasteiger partial charge in [-0.2, -0.15) is 0 Å². The molecule has 4 rings (SSSR count). The van der Waals surface area contributed by atoms with E-state index < -0.39 is 12.0 Å². The lowest BCUT2D eigenvalue weighted by molar-refractivity contribution is -0.141. The van der Waals surface area contributed by atoms with Crippen molar-refractivity contribution in [3.05, 3.63) is 64.6 Å². The molecule has 6 nitrogen and oxygen atoms in total. The number of benzene rings is 2. The van der Waals surface area contributed by atoms with Gasteiger partial charge in [0, 0.05) is 27.7 Å². The summed E-state index contributed by atoms with van der Waals surface area (Å²) in [5.74, 6) is -1.03. The second-order valence-electron chi connectivity index (χ2n) is 7.97. The fraction of sp³-hybridized carbons (Fsp3) is 0.333. The number of carboxylic acids is 1. The number of hydrogen-bond acceptors (Lipinski definition) is 3. The Morgan fingerprint density at radius 1 is 1.31 bits per heavy atom. The number of hydrogen-bond donors (Lipinski definition) is 2. The lowest BCUT2D eigenvalue weighted by atomic mass is 9.91. The molecule has 0 bridgehead atoms. The lowest BCUT2D eigenvalue weighted by Crippen LogP contribution is -2.41. The Labute approximate surface area is 189 Å². The average Bonchev–Trinajstić information content (AvgIpc) is 3.06. The average molecular weight is 459 g/mol. The van der Waals surface area contributed by atoms with Crippen molar-refractivity contribution in [1.29, 1.82) is 0 Å². The van der Waals surface area contributed by atoms with Crippen LogP contribution in [0, 0.1) is 5.82 Å². The maximum Gasteiger partial charge on any atom is 0.326 e. The zero-order chi connectivity index (χ0) is 22.8. The van der Waals surface area contributed by atoms with Crippen molar-refractivity contribution in [2.45, 2.75) is 44.7 Å². The molecular formula is C24H24ClFN2O4. The third-order valence-corrected chi connectivity index (χ3v) is 6.11. The third kappa shape index (κ3) is 4.43. The number of rotatable bonds is 7. The topological polar surface area (TPSA) is 80.6 Å². The van der Waals surface area contributed by atoms with Gasteiger partial charge in [0.05, 0.1) is 0 Å². The Balaban J connectivity index is 1.54. The molecule has 0 spiro atoms. The van der Waals surface area contributed by atoms with Crippen molar-refractivity contribution >= 4 is 34.4 Å². The van der Waals surface area contributed by atoms with Gasteiger partial charge in [-0.3, -0.25) is 4.79 Å². The van der Waals surface area contributed by atoms with Gasteiger partial charge in [0.15, 0.2) is 6.61 Å². The first kappa shape index (κ1) is 22.1. The molecule has 0 saturated heterocycles. The molecular weight excluding hydrogens is 435 g/mol. The number of carbonyl (C=O) groups excluding carboxylic acids is 1. The largest absolute Gasteiger partial charge is 0.484 e. The van der Waals surface area contributed by atoms with Gasteiger partial charge in [0.25, 0.3) is 5.91 Å². The highest BCUT2D eigenvalue weighted by molar-refractivity contribution is 6.30. The summed E-state index contributed by atoms with van der Waals surface area (Å²) >= 11 is 5.93. The summed E-state index contributed by atoms with van der Waals surface area (Å²) in [5.41, 5.74) is 2.51. The van der Waals surface area contributed by atoms with Crippen LogP contribution in [0.2, 0.25) is 5.02 Å². The molecule has 0 radical (unpaired) electrons. The predicted molar refractivity (Wildman–Crippen MR) is 120 cm³/mol. The van der Waals surface area contributed by atoms with Crippen molar-refractivity contribution in [2.24, 2.45) is 0 Å². The number of ether oxygens (including phenoxy) is 1. The van der Waals surface area contributed by atoms with Gasteiger partial charge >= 0.3 is 5.97 Å². The van der Waals surface area contributed by atoms with Gasteiger partial charge in [-0.1, -0.05) is 24.6 Å². The molecule has 32 heavy (non-hydrogen) atoms. The SMILES string of the molecule is CCC(C(=O)O)n1c2c(c3cc(F)ccc31)C[C@H](NC(=O)COc1cccc(Cl)c1)CC2. The van der Waals surface area contributed by atoms with Gasteiger partial charge in [-0.05, 0) is 67.6 Å². The summed E-state index contributed by atoms with van der Waals surface area (Å²) in [6.07, 6.45) is 2.17. The minimum atomic E-state index is -0.912. The molecule has 1 amide bonds. The summed E-state index contributed by atoms with van der Waals surface area (Å²) in [6, 6.07) is 10.4. The minimum absolute atomic E-state index is 0.142. The quantitative estimate of drug-likeness (QED) is 0.545. The first-order valence-corrected chi connectivity index (χ1v) is 11.0. The van der Waals surface area contributed by atoms with Crippen LogP contribution in [0.4, 0.5) is 4.39 Å². The van der Waals surface area contributed by atoms with Crippen molar-refractivity contribution in [3.8, 4) is 5.75 Å². The van der Waals surface area contributed by atoms with Gasteiger partial charge < -0.3 is 19.7 Å². The number of aliphatic carboxylic acids is 1. The van der Waals surface area contributed by atoms with E-state index in [1.807, 2.05) is 11.5 Å². The van der Waals surface area contributed by atoms with Crippen LogP contribution in [0.3, 0.4) is 0 Å². The van der Waals surface area contributed by atoms with Gasteiger partial charge in [-0.25, -0.2) is 9.18 Å². The van der Waals surface area contributed by atoms with Crippen molar-refractivity contribution in [2.75, 3.05) is 6.61 Å². The molecule has 2 aromatic carbocycles. The van der Waals surface area contributed by atoms with Gasteiger partial charge in [0.1, 0.15) is 17.6 Å². The number of fused-ring (bicyclic) bond motifs is 3. The Kier molecular flexibility index (Phi) is 6.37. The molecule has 2 atom stereocenters. The molecule has 1 aliphatic rings. The summed E-state index contributed by atoms with van der Waals surface area (Å²) in [6.45, 7) is 1.68. The van der Waals surface area contributed by atoms with Crippen LogP contribution in [0.15, 0.2) is 42.5 Å². The molecule has 1 aliphatic carbocycles. The second-order valence-corrected chi connectivity index (χ2v) is 8.41. The minimum Gasteiger partial charge on any atom is -0.484 e. The summed E-state index contributed by atoms with van der Waals surface area (Å²) in [5, 5.41) is 13.9. The fourth-order valence-electron chi connectivity index (χ4n) is 4.49. The van der Waals surface area contributed by atoms with Crippen molar-refractivity contribution in [3.63, 3.8) is 0 Å². The zero-order valence-corrected chi connectivity index (χ0v) is 18.4. The number of carboxylic acid groups (broad SMARTS) is 1. The fourth-order valence-corrected chi connectivity index (χ4v) is 4.67. The lowest BCUT2D eigenvalue weighted by Gasteiger charge is -2.26. The smallest absolute Gasteiger partial charge is 0.326 e. The summed E-state index contributed by atoms with van der Waals surface area (Å²) in [4.78, 5) is 24.3.